The van der Waals surface area contributed by atoms with E-state index in [1.165, 1.54) is 12.8 Å². The quantitative estimate of drug-likeness (QED) is 0.866. The van der Waals surface area contributed by atoms with Crippen molar-refractivity contribution in [2.45, 2.75) is 33.2 Å². The number of aromatic nitrogens is 2. The van der Waals surface area contributed by atoms with Gasteiger partial charge in [0.15, 0.2) is 0 Å². The van der Waals surface area contributed by atoms with Crippen molar-refractivity contribution >= 4 is 5.95 Å². The molecule has 1 fully saturated rings. The van der Waals surface area contributed by atoms with Gasteiger partial charge in [-0.2, -0.15) is 0 Å². The first-order valence-corrected chi connectivity index (χ1v) is 6.31. The number of nitrogens with one attached hydrogen (secondary N) is 1. The number of piperidine rings is 1. The van der Waals surface area contributed by atoms with E-state index >= 15 is 0 Å². The molecule has 17 heavy (non-hydrogen) atoms. The molecular weight excluding hydrogens is 212 g/mol. The van der Waals surface area contributed by atoms with Crippen molar-refractivity contribution in [2.75, 3.05) is 25.0 Å². The topological polar surface area (TPSA) is 41.1 Å². The van der Waals surface area contributed by atoms with Crippen molar-refractivity contribution < 1.29 is 0 Å². The Morgan fingerprint density at radius 2 is 1.82 bits per heavy atom. The first-order valence-electron chi connectivity index (χ1n) is 6.31. The maximum Gasteiger partial charge on any atom is 0.225 e. The third kappa shape index (κ3) is 3.16. The van der Waals surface area contributed by atoms with Crippen molar-refractivity contribution in [1.82, 2.24) is 15.3 Å². The maximum absolute atomic E-state index is 4.44. The van der Waals surface area contributed by atoms with Gasteiger partial charge in [-0.05, 0) is 25.3 Å². The Bertz CT molecular complexity index is 348. The molecule has 0 aliphatic carbocycles. The minimum Gasteiger partial charge on any atom is -0.341 e. The zero-order valence-electron chi connectivity index (χ0n) is 11.0. The first kappa shape index (κ1) is 12.3. The standard InChI is InChI=1S/C13H22N4/c1-13(2)4-6-17(7-5-13)12-15-9-11(8-14-3)10-16-12/h9-10,14H,4-8H2,1-3H3. The van der Waals surface area contributed by atoms with E-state index in [4.69, 9.17) is 0 Å². The lowest BCUT2D eigenvalue weighted by Gasteiger charge is -2.36. The second-order valence-electron chi connectivity index (χ2n) is 5.57. The zero-order valence-corrected chi connectivity index (χ0v) is 11.0. The average molecular weight is 234 g/mol. The number of hydrogen-bond donors (Lipinski definition) is 1. The van der Waals surface area contributed by atoms with Gasteiger partial charge < -0.3 is 10.2 Å². The second kappa shape index (κ2) is 5.00. The van der Waals surface area contributed by atoms with Crippen molar-refractivity contribution in [3.05, 3.63) is 18.0 Å². The summed E-state index contributed by atoms with van der Waals surface area (Å²) in [4.78, 5) is 11.2. The van der Waals surface area contributed by atoms with Gasteiger partial charge in [0, 0.05) is 37.6 Å². The van der Waals surface area contributed by atoms with E-state index in [9.17, 15) is 0 Å². The fourth-order valence-corrected chi connectivity index (χ4v) is 2.12. The molecule has 1 aliphatic rings. The molecule has 2 rings (SSSR count). The molecule has 0 spiro atoms. The maximum atomic E-state index is 4.44. The molecule has 0 amide bonds. The molecule has 4 nitrogen and oxygen atoms in total. The number of anilines is 1. The Morgan fingerprint density at radius 3 is 2.35 bits per heavy atom. The predicted molar refractivity (Wildman–Crippen MR) is 70.0 cm³/mol. The fraction of sp³-hybridized carbons (Fsp3) is 0.692. The Hall–Kier alpha value is -1.16. The Labute approximate surface area is 103 Å². The molecule has 0 atom stereocenters. The molecule has 0 bridgehead atoms. The molecule has 1 N–H and O–H groups in total. The van der Waals surface area contributed by atoms with Gasteiger partial charge >= 0.3 is 0 Å². The number of rotatable bonds is 3. The van der Waals surface area contributed by atoms with Gasteiger partial charge in [-0.3, -0.25) is 0 Å². The fourth-order valence-electron chi connectivity index (χ4n) is 2.12. The normalized spacial score (nSPS) is 19.4. The van der Waals surface area contributed by atoms with Crippen molar-refractivity contribution in [2.24, 2.45) is 5.41 Å². The van der Waals surface area contributed by atoms with Crippen molar-refractivity contribution in [3.63, 3.8) is 0 Å². The summed E-state index contributed by atoms with van der Waals surface area (Å²) in [5.74, 6) is 0.875. The summed E-state index contributed by atoms with van der Waals surface area (Å²) in [5.41, 5.74) is 1.61. The molecule has 0 unspecified atom stereocenters. The number of hydrogen-bond acceptors (Lipinski definition) is 4. The van der Waals surface area contributed by atoms with Gasteiger partial charge in [-0.25, -0.2) is 9.97 Å². The monoisotopic (exact) mass is 234 g/mol. The Balaban J connectivity index is 1.99. The van der Waals surface area contributed by atoms with Crippen LogP contribution in [0.5, 0.6) is 0 Å². The van der Waals surface area contributed by atoms with Crippen LogP contribution in [-0.4, -0.2) is 30.1 Å². The second-order valence-corrected chi connectivity index (χ2v) is 5.57. The molecule has 94 valence electrons. The lowest BCUT2D eigenvalue weighted by molar-refractivity contribution is 0.278. The van der Waals surface area contributed by atoms with Crippen LogP contribution in [0.25, 0.3) is 0 Å². The molecule has 1 aromatic rings. The highest BCUT2D eigenvalue weighted by Crippen LogP contribution is 2.30. The van der Waals surface area contributed by atoms with Gasteiger partial charge in [0.1, 0.15) is 0 Å². The first-order chi connectivity index (χ1) is 8.11. The lowest BCUT2D eigenvalue weighted by Crippen LogP contribution is -2.38. The summed E-state index contributed by atoms with van der Waals surface area (Å²) in [6, 6.07) is 0. The van der Waals surface area contributed by atoms with Crippen LogP contribution in [0.4, 0.5) is 5.95 Å². The molecule has 2 heterocycles. The van der Waals surface area contributed by atoms with Crippen LogP contribution in [0.3, 0.4) is 0 Å². The molecule has 1 aliphatic heterocycles. The summed E-state index contributed by atoms with van der Waals surface area (Å²) < 4.78 is 0. The smallest absolute Gasteiger partial charge is 0.225 e. The van der Waals surface area contributed by atoms with E-state index in [1.54, 1.807) is 0 Å². The largest absolute Gasteiger partial charge is 0.341 e. The van der Waals surface area contributed by atoms with Gasteiger partial charge in [0.2, 0.25) is 5.95 Å². The third-order valence-electron chi connectivity index (χ3n) is 3.47. The average Bonchev–Trinajstić information content (AvgIpc) is 2.31. The molecule has 0 aromatic carbocycles. The van der Waals surface area contributed by atoms with Crippen molar-refractivity contribution in [1.29, 1.82) is 0 Å². The molecular formula is C13H22N4. The highest BCUT2D eigenvalue weighted by molar-refractivity contribution is 5.30. The predicted octanol–water partition coefficient (Wildman–Crippen LogP) is 1.82. The Kier molecular flexibility index (Phi) is 3.62. The van der Waals surface area contributed by atoms with Gasteiger partial charge in [0.25, 0.3) is 0 Å². The minimum atomic E-state index is 0.475. The summed E-state index contributed by atoms with van der Waals surface area (Å²) >= 11 is 0. The van der Waals surface area contributed by atoms with Crippen LogP contribution in [0, 0.1) is 5.41 Å². The zero-order chi connectivity index (χ0) is 12.3. The molecule has 0 saturated carbocycles. The van der Waals surface area contributed by atoms with E-state index in [1.807, 2.05) is 19.4 Å². The van der Waals surface area contributed by atoms with E-state index in [0.717, 1.165) is 31.1 Å². The highest BCUT2D eigenvalue weighted by Gasteiger charge is 2.26. The van der Waals surface area contributed by atoms with Crippen LogP contribution >= 0.6 is 0 Å². The molecule has 0 radical (unpaired) electrons. The Morgan fingerprint density at radius 1 is 1.24 bits per heavy atom. The van der Waals surface area contributed by atoms with E-state index in [-0.39, 0.29) is 0 Å². The van der Waals surface area contributed by atoms with Gasteiger partial charge in [-0.15, -0.1) is 0 Å². The molecule has 4 heteroatoms. The van der Waals surface area contributed by atoms with Crippen LogP contribution in [0.2, 0.25) is 0 Å². The van der Waals surface area contributed by atoms with Crippen molar-refractivity contribution in [3.8, 4) is 0 Å². The summed E-state index contributed by atoms with van der Waals surface area (Å²) in [7, 11) is 1.93. The van der Waals surface area contributed by atoms with E-state index < -0.39 is 0 Å². The van der Waals surface area contributed by atoms with E-state index in [2.05, 4.69) is 34.0 Å². The summed E-state index contributed by atoms with van der Waals surface area (Å²) in [6.45, 7) is 7.63. The van der Waals surface area contributed by atoms with Crippen LogP contribution < -0.4 is 10.2 Å². The van der Waals surface area contributed by atoms with E-state index in [0.29, 0.717) is 5.41 Å². The van der Waals surface area contributed by atoms with Gasteiger partial charge in [-0.1, -0.05) is 13.8 Å². The summed E-state index contributed by atoms with van der Waals surface area (Å²) in [5, 5.41) is 3.10. The summed E-state index contributed by atoms with van der Waals surface area (Å²) in [6.07, 6.45) is 6.26. The lowest BCUT2D eigenvalue weighted by atomic mass is 9.83. The third-order valence-corrected chi connectivity index (χ3v) is 3.47. The van der Waals surface area contributed by atoms with Crippen LogP contribution in [0.15, 0.2) is 12.4 Å². The van der Waals surface area contributed by atoms with Crippen LogP contribution in [0.1, 0.15) is 32.3 Å². The minimum absolute atomic E-state index is 0.475. The van der Waals surface area contributed by atoms with Crippen LogP contribution in [-0.2, 0) is 6.54 Å². The molecule has 1 saturated heterocycles. The van der Waals surface area contributed by atoms with Gasteiger partial charge in [0.05, 0.1) is 0 Å². The molecule has 1 aromatic heterocycles. The SMILES string of the molecule is CNCc1cnc(N2CCC(C)(C)CC2)nc1. The number of nitrogens with zero attached hydrogens (tertiary/aromatic N) is 3. The highest BCUT2D eigenvalue weighted by atomic mass is 15.2.